The number of likely N-dealkylation sites (tertiary alicyclic amines) is 1. The van der Waals surface area contributed by atoms with Crippen molar-refractivity contribution in [2.24, 2.45) is 0 Å². The molecule has 34 heavy (non-hydrogen) atoms. The van der Waals surface area contributed by atoms with Gasteiger partial charge in [-0.25, -0.2) is 4.98 Å². The third kappa shape index (κ3) is 4.07. The van der Waals surface area contributed by atoms with E-state index in [1.807, 2.05) is 13.0 Å². The van der Waals surface area contributed by atoms with E-state index in [0.29, 0.717) is 36.6 Å². The van der Waals surface area contributed by atoms with Gasteiger partial charge >= 0.3 is 6.18 Å². The minimum absolute atomic E-state index is 0.0429. The van der Waals surface area contributed by atoms with Gasteiger partial charge in [-0.05, 0) is 42.8 Å². The number of nitrogen functional groups attached to an aromatic ring is 1. The van der Waals surface area contributed by atoms with Crippen molar-refractivity contribution >= 4 is 22.6 Å². The van der Waals surface area contributed by atoms with Crippen LogP contribution in [0.3, 0.4) is 0 Å². The maximum Gasteiger partial charge on any atom is 0.416 e. The SMILES string of the molecule is Cc1cc2c(C3CN(C(=O)c4ccnc(N)c4)C3)nn(Cc3ccc(C(F)(F)F)cc3)c2cn1. The molecule has 0 radical (unpaired) electrons. The molecule has 1 aromatic carbocycles. The molecule has 1 aliphatic heterocycles. The first-order valence-corrected chi connectivity index (χ1v) is 10.7. The molecule has 4 aromatic rings. The minimum atomic E-state index is -4.37. The van der Waals surface area contributed by atoms with Crippen molar-refractivity contribution in [2.45, 2.75) is 25.6 Å². The maximum absolute atomic E-state index is 12.9. The quantitative estimate of drug-likeness (QED) is 0.491. The van der Waals surface area contributed by atoms with E-state index < -0.39 is 11.7 Å². The third-order valence-corrected chi connectivity index (χ3v) is 6.00. The molecule has 4 heterocycles. The van der Waals surface area contributed by atoms with Gasteiger partial charge in [-0.1, -0.05) is 12.1 Å². The van der Waals surface area contributed by atoms with E-state index in [0.717, 1.165) is 34.4 Å². The first kappa shape index (κ1) is 21.9. The van der Waals surface area contributed by atoms with Gasteiger partial charge in [-0.15, -0.1) is 0 Å². The van der Waals surface area contributed by atoms with Crippen LogP contribution in [0.1, 0.15) is 38.8 Å². The van der Waals surface area contributed by atoms with Crippen molar-refractivity contribution in [2.75, 3.05) is 18.8 Å². The Labute approximate surface area is 193 Å². The van der Waals surface area contributed by atoms with Gasteiger partial charge in [0.1, 0.15) is 5.82 Å². The van der Waals surface area contributed by atoms with Crippen LogP contribution in [0, 0.1) is 6.92 Å². The third-order valence-electron chi connectivity index (χ3n) is 6.00. The summed E-state index contributed by atoms with van der Waals surface area (Å²) in [6.45, 7) is 3.22. The van der Waals surface area contributed by atoms with E-state index in [2.05, 4.69) is 9.97 Å². The average Bonchev–Trinajstić information content (AvgIpc) is 3.09. The van der Waals surface area contributed by atoms with E-state index in [1.165, 1.54) is 18.3 Å². The van der Waals surface area contributed by atoms with Crippen LogP contribution < -0.4 is 5.73 Å². The smallest absolute Gasteiger partial charge is 0.384 e. The number of benzene rings is 1. The fraction of sp³-hybridized carbons (Fsp3) is 0.250. The molecular weight excluding hydrogens is 445 g/mol. The standard InChI is InChI=1S/C24H21F3N6O/c1-14-8-19-20(10-30-14)33(11-15-2-4-18(5-3-15)24(25,26)27)31-22(19)17-12-32(13-17)23(34)16-6-7-29-21(28)9-16/h2-10,17H,11-13H2,1H3,(H2,28,29). The first-order valence-electron chi connectivity index (χ1n) is 10.7. The molecule has 0 saturated carbocycles. The van der Waals surface area contributed by atoms with Crippen molar-refractivity contribution in [3.63, 3.8) is 0 Å². The Morgan fingerprint density at radius 2 is 1.85 bits per heavy atom. The summed E-state index contributed by atoms with van der Waals surface area (Å²) in [7, 11) is 0. The van der Waals surface area contributed by atoms with Crippen LogP contribution in [-0.2, 0) is 12.7 Å². The van der Waals surface area contributed by atoms with Crippen molar-refractivity contribution < 1.29 is 18.0 Å². The Bertz CT molecular complexity index is 1370. The van der Waals surface area contributed by atoms with Crippen LogP contribution >= 0.6 is 0 Å². The number of anilines is 1. The highest BCUT2D eigenvalue weighted by Crippen LogP contribution is 2.33. The van der Waals surface area contributed by atoms with Crippen molar-refractivity contribution in [1.29, 1.82) is 0 Å². The lowest BCUT2D eigenvalue weighted by Gasteiger charge is -2.38. The van der Waals surface area contributed by atoms with Crippen molar-refractivity contribution in [3.05, 3.63) is 82.9 Å². The highest BCUT2D eigenvalue weighted by atomic mass is 19.4. The van der Waals surface area contributed by atoms with Crippen molar-refractivity contribution in [1.82, 2.24) is 24.6 Å². The minimum Gasteiger partial charge on any atom is -0.384 e. The molecule has 0 atom stereocenters. The molecule has 174 valence electrons. The van der Waals surface area contributed by atoms with E-state index >= 15 is 0 Å². The number of amides is 1. The number of carbonyl (C=O) groups is 1. The summed E-state index contributed by atoms with van der Waals surface area (Å²) in [4.78, 5) is 22.8. The molecule has 2 N–H and O–H groups in total. The number of aryl methyl sites for hydroxylation is 1. The number of nitrogens with two attached hydrogens (primary N) is 1. The summed E-state index contributed by atoms with van der Waals surface area (Å²) < 4.78 is 40.4. The second kappa shape index (κ2) is 8.12. The summed E-state index contributed by atoms with van der Waals surface area (Å²) in [5.41, 5.74) is 8.68. The lowest BCUT2D eigenvalue weighted by Crippen LogP contribution is -2.48. The van der Waals surface area contributed by atoms with Gasteiger partial charge in [-0.3, -0.25) is 14.5 Å². The van der Waals surface area contributed by atoms with Crippen LogP contribution in [0.5, 0.6) is 0 Å². The second-order valence-electron chi connectivity index (χ2n) is 8.46. The molecule has 0 spiro atoms. The molecule has 5 rings (SSSR count). The Hall–Kier alpha value is -3.95. The number of hydrogen-bond donors (Lipinski definition) is 1. The van der Waals surface area contributed by atoms with E-state index in [9.17, 15) is 18.0 Å². The van der Waals surface area contributed by atoms with Gasteiger partial charge < -0.3 is 10.6 Å². The van der Waals surface area contributed by atoms with Gasteiger partial charge in [0.05, 0.1) is 29.5 Å². The predicted molar refractivity (Wildman–Crippen MR) is 120 cm³/mol. The lowest BCUT2D eigenvalue weighted by atomic mass is 9.93. The van der Waals surface area contributed by atoms with E-state index in [1.54, 1.807) is 27.9 Å². The number of pyridine rings is 2. The van der Waals surface area contributed by atoms with Crippen LogP contribution in [0.4, 0.5) is 19.0 Å². The molecular formula is C24H21F3N6O. The number of aromatic nitrogens is 4. The number of rotatable bonds is 4. The van der Waals surface area contributed by atoms with Gasteiger partial charge in [0.2, 0.25) is 0 Å². The molecule has 10 heteroatoms. The molecule has 1 amide bonds. The number of hydrogen-bond acceptors (Lipinski definition) is 5. The van der Waals surface area contributed by atoms with E-state index in [-0.39, 0.29) is 11.8 Å². The Morgan fingerprint density at radius 3 is 2.53 bits per heavy atom. The summed E-state index contributed by atoms with van der Waals surface area (Å²) in [6, 6.07) is 10.2. The lowest BCUT2D eigenvalue weighted by molar-refractivity contribution is -0.137. The fourth-order valence-electron chi connectivity index (χ4n) is 4.18. The number of nitrogens with zero attached hydrogens (tertiary/aromatic N) is 5. The summed E-state index contributed by atoms with van der Waals surface area (Å²) >= 11 is 0. The zero-order valence-corrected chi connectivity index (χ0v) is 18.3. The second-order valence-corrected chi connectivity index (χ2v) is 8.46. The molecule has 1 aliphatic rings. The molecule has 0 aliphatic carbocycles. The van der Waals surface area contributed by atoms with Gasteiger partial charge in [0.25, 0.3) is 5.91 Å². The monoisotopic (exact) mass is 466 g/mol. The van der Waals surface area contributed by atoms with Gasteiger partial charge in [0, 0.05) is 41.8 Å². The number of halogens is 3. The highest BCUT2D eigenvalue weighted by Gasteiger charge is 2.35. The summed E-state index contributed by atoms with van der Waals surface area (Å²) in [5.74, 6) is 0.219. The van der Waals surface area contributed by atoms with Crippen LogP contribution in [0.15, 0.2) is 54.9 Å². The summed E-state index contributed by atoms with van der Waals surface area (Å²) in [6.07, 6.45) is -1.14. The molecule has 0 unspecified atom stereocenters. The summed E-state index contributed by atoms with van der Waals surface area (Å²) in [5, 5.41) is 5.72. The first-order chi connectivity index (χ1) is 16.2. The Balaban J connectivity index is 1.39. The average molecular weight is 466 g/mol. The zero-order valence-electron chi connectivity index (χ0n) is 18.3. The van der Waals surface area contributed by atoms with Crippen LogP contribution in [0.25, 0.3) is 10.9 Å². The van der Waals surface area contributed by atoms with Gasteiger partial charge in [-0.2, -0.15) is 18.3 Å². The number of fused-ring (bicyclic) bond motifs is 1. The highest BCUT2D eigenvalue weighted by molar-refractivity contribution is 5.95. The molecule has 1 saturated heterocycles. The normalized spacial score (nSPS) is 14.4. The topological polar surface area (TPSA) is 89.9 Å². The van der Waals surface area contributed by atoms with Crippen molar-refractivity contribution in [3.8, 4) is 0 Å². The number of alkyl halides is 3. The Morgan fingerprint density at radius 1 is 1.12 bits per heavy atom. The molecule has 3 aromatic heterocycles. The van der Waals surface area contributed by atoms with Crippen LogP contribution in [0.2, 0.25) is 0 Å². The Kier molecular flexibility index (Phi) is 5.22. The zero-order chi connectivity index (χ0) is 24.0. The van der Waals surface area contributed by atoms with Gasteiger partial charge in [0.15, 0.2) is 0 Å². The maximum atomic E-state index is 12.9. The molecule has 1 fully saturated rings. The van der Waals surface area contributed by atoms with E-state index in [4.69, 9.17) is 10.8 Å². The number of carbonyl (C=O) groups excluding carboxylic acids is 1. The largest absolute Gasteiger partial charge is 0.416 e. The molecule has 0 bridgehead atoms. The van der Waals surface area contributed by atoms with Crippen LogP contribution in [-0.4, -0.2) is 43.6 Å². The fourth-order valence-corrected chi connectivity index (χ4v) is 4.18. The molecule has 7 nitrogen and oxygen atoms in total. The predicted octanol–water partition coefficient (Wildman–Crippen LogP) is 4.02.